The molecule has 5 heterocycles. The second-order valence-electron chi connectivity index (χ2n) is 13.1. The molecule has 12 heteroatoms. The molecule has 2 saturated heterocycles. The van der Waals surface area contributed by atoms with Crippen LogP contribution in [0.5, 0.6) is 0 Å². The zero-order valence-corrected chi connectivity index (χ0v) is 25.4. The molecule has 4 aliphatic rings. The summed E-state index contributed by atoms with van der Waals surface area (Å²) in [6, 6.07) is 7.86. The van der Waals surface area contributed by atoms with Gasteiger partial charge in [0.2, 0.25) is 0 Å². The fourth-order valence-corrected chi connectivity index (χ4v) is 7.31. The number of nitrogens with zero attached hydrogens (tertiary/aromatic N) is 4. The highest BCUT2D eigenvalue weighted by molar-refractivity contribution is 7.90. The third-order valence-corrected chi connectivity index (χ3v) is 10.4. The monoisotopic (exact) mass is 596 g/mol. The summed E-state index contributed by atoms with van der Waals surface area (Å²) in [7, 11) is -4.25. The third-order valence-electron chi connectivity index (χ3n) is 9.20. The lowest BCUT2D eigenvalue weighted by Gasteiger charge is -2.34. The van der Waals surface area contributed by atoms with Gasteiger partial charge in [-0.05, 0) is 88.0 Å². The zero-order valence-electron chi connectivity index (χ0n) is 24.6. The first-order valence-electron chi connectivity index (χ1n) is 14.9. The van der Waals surface area contributed by atoms with Crippen LogP contribution in [0, 0.1) is 11.3 Å². The van der Waals surface area contributed by atoms with E-state index in [1.54, 1.807) is 29.2 Å². The van der Waals surface area contributed by atoms with E-state index in [1.165, 1.54) is 18.9 Å². The minimum absolute atomic E-state index is 0.135. The van der Waals surface area contributed by atoms with Gasteiger partial charge in [0.1, 0.15) is 23.6 Å². The van der Waals surface area contributed by atoms with E-state index < -0.39 is 22.0 Å². The van der Waals surface area contributed by atoms with Crippen molar-refractivity contribution in [2.24, 2.45) is 11.3 Å². The smallest absolute Gasteiger partial charge is 0.281 e. The Hall–Kier alpha value is -3.25. The van der Waals surface area contributed by atoms with Crippen molar-refractivity contribution in [3.05, 3.63) is 35.9 Å². The second kappa shape index (κ2) is 10.8. The van der Waals surface area contributed by atoms with Gasteiger partial charge < -0.3 is 15.0 Å². The SMILES string of the molecule is CC1(CCOC2CCN(c3ccc4c(n3)N3C[C@@H](CCCNc5cccc(n5)S(=O)(=O)NC4=O)CC3(C)C)C2=O)CC1. The Kier molecular flexibility index (Phi) is 7.41. The molecule has 2 aromatic heterocycles. The normalized spacial score (nSPS) is 26.1. The number of pyridine rings is 2. The van der Waals surface area contributed by atoms with Crippen molar-refractivity contribution >= 4 is 39.3 Å². The summed E-state index contributed by atoms with van der Waals surface area (Å²) in [6.45, 7) is 8.81. The number of amides is 2. The van der Waals surface area contributed by atoms with Gasteiger partial charge in [-0.3, -0.25) is 14.5 Å². The molecule has 1 unspecified atom stereocenters. The molecule has 1 saturated carbocycles. The van der Waals surface area contributed by atoms with Crippen LogP contribution in [0.15, 0.2) is 35.4 Å². The van der Waals surface area contributed by atoms with Crippen LogP contribution < -0.4 is 19.8 Å². The first-order chi connectivity index (χ1) is 19.9. The van der Waals surface area contributed by atoms with Gasteiger partial charge in [-0.2, -0.15) is 8.42 Å². The largest absolute Gasteiger partial charge is 0.370 e. The number of nitrogens with one attached hydrogen (secondary N) is 2. The second-order valence-corrected chi connectivity index (χ2v) is 14.7. The number of carbonyl (C=O) groups is 2. The minimum atomic E-state index is -4.25. The van der Waals surface area contributed by atoms with Crippen LogP contribution in [-0.2, 0) is 19.6 Å². The Morgan fingerprint density at radius 1 is 1.07 bits per heavy atom. The molecule has 11 nitrogen and oxygen atoms in total. The Bertz CT molecular complexity index is 1490. The first-order valence-corrected chi connectivity index (χ1v) is 16.4. The summed E-state index contributed by atoms with van der Waals surface area (Å²) in [6.07, 6.45) is 6.17. The third kappa shape index (κ3) is 5.83. The van der Waals surface area contributed by atoms with Crippen molar-refractivity contribution in [1.29, 1.82) is 0 Å². The molecule has 2 amide bonds. The van der Waals surface area contributed by atoms with E-state index in [9.17, 15) is 18.0 Å². The molecular weight excluding hydrogens is 556 g/mol. The van der Waals surface area contributed by atoms with Crippen molar-refractivity contribution in [3.63, 3.8) is 0 Å². The number of ether oxygens (including phenoxy) is 1. The lowest BCUT2D eigenvalue weighted by Crippen LogP contribution is -2.41. The predicted molar refractivity (Wildman–Crippen MR) is 159 cm³/mol. The van der Waals surface area contributed by atoms with Crippen molar-refractivity contribution < 1.29 is 22.7 Å². The summed E-state index contributed by atoms with van der Waals surface area (Å²) in [5, 5.41) is 2.96. The first kappa shape index (κ1) is 28.9. The van der Waals surface area contributed by atoms with Crippen LogP contribution >= 0.6 is 0 Å². The van der Waals surface area contributed by atoms with Gasteiger partial charge in [-0.15, -0.1) is 0 Å². The van der Waals surface area contributed by atoms with Crippen molar-refractivity contribution in [2.75, 3.05) is 41.4 Å². The molecular formula is C30H40N6O5S. The van der Waals surface area contributed by atoms with E-state index in [4.69, 9.17) is 9.72 Å². The van der Waals surface area contributed by atoms with Gasteiger partial charge in [0.05, 0.1) is 5.56 Å². The lowest BCUT2D eigenvalue weighted by molar-refractivity contribution is -0.127. The van der Waals surface area contributed by atoms with Gasteiger partial charge in [0.15, 0.2) is 5.03 Å². The molecule has 0 radical (unpaired) electrons. The molecule has 42 heavy (non-hydrogen) atoms. The van der Waals surface area contributed by atoms with E-state index in [1.807, 2.05) is 0 Å². The molecule has 3 aliphatic heterocycles. The van der Waals surface area contributed by atoms with Gasteiger partial charge in [-0.1, -0.05) is 13.0 Å². The Labute approximate surface area is 247 Å². The van der Waals surface area contributed by atoms with Crippen LogP contribution in [0.3, 0.4) is 0 Å². The van der Waals surface area contributed by atoms with Crippen molar-refractivity contribution in [3.8, 4) is 0 Å². The number of carbonyl (C=O) groups excluding carboxylic acids is 2. The lowest BCUT2D eigenvalue weighted by atomic mass is 9.93. The summed E-state index contributed by atoms with van der Waals surface area (Å²) >= 11 is 0. The number of hydrogen-bond donors (Lipinski definition) is 2. The highest BCUT2D eigenvalue weighted by Crippen LogP contribution is 2.48. The highest BCUT2D eigenvalue weighted by atomic mass is 32.2. The van der Waals surface area contributed by atoms with Crippen molar-refractivity contribution in [1.82, 2.24) is 14.7 Å². The number of anilines is 3. The molecule has 2 aromatic rings. The molecule has 6 rings (SSSR count). The maximum atomic E-state index is 13.6. The number of hydrogen-bond acceptors (Lipinski definition) is 9. The summed E-state index contributed by atoms with van der Waals surface area (Å²) in [5.74, 6) is 0.688. The fourth-order valence-electron chi connectivity index (χ4n) is 6.37. The van der Waals surface area contributed by atoms with E-state index in [-0.39, 0.29) is 22.0 Å². The quantitative estimate of drug-likeness (QED) is 0.530. The van der Waals surface area contributed by atoms with E-state index in [0.717, 1.165) is 25.7 Å². The standard InChI is InChI=1S/C30H40N6O5S/c1-29(2)18-20-6-5-15-31-23-7-4-8-25(32-23)42(39,40)34-27(37)21-9-10-24(33-26(21)36(29)19-20)35-16-11-22(28(35)38)41-17-14-30(3)12-13-30/h4,7-10,20,22H,5-6,11-19H2,1-3H3,(H,31,32)(H,34,37)/t20-,22?/m0/s1. The highest BCUT2D eigenvalue weighted by Gasteiger charge is 2.42. The van der Waals surface area contributed by atoms with Crippen LogP contribution in [0.4, 0.5) is 17.5 Å². The van der Waals surface area contributed by atoms with Gasteiger partial charge >= 0.3 is 0 Å². The van der Waals surface area contributed by atoms with Crippen LogP contribution in [0.25, 0.3) is 0 Å². The maximum absolute atomic E-state index is 13.6. The fraction of sp³-hybridized carbons (Fsp3) is 0.600. The summed E-state index contributed by atoms with van der Waals surface area (Å²) in [5.41, 5.74) is 0.160. The van der Waals surface area contributed by atoms with Gasteiger partial charge in [0.25, 0.3) is 21.8 Å². The number of sulfonamides is 1. The number of fused-ring (bicyclic) bond motifs is 6. The van der Waals surface area contributed by atoms with Crippen LogP contribution in [0.1, 0.15) is 76.1 Å². The van der Waals surface area contributed by atoms with Crippen LogP contribution in [0.2, 0.25) is 0 Å². The molecule has 4 bridgehead atoms. The summed E-state index contributed by atoms with van der Waals surface area (Å²) in [4.78, 5) is 39.8. The van der Waals surface area contributed by atoms with Gasteiger partial charge in [0, 0.05) is 38.2 Å². The van der Waals surface area contributed by atoms with Crippen molar-refractivity contribution in [2.45, 2.75) is 82.4 Å². The summed E-state index contributed by atoms with van der Waals surface area (Å²) < 4.78 is 34.6. The van der Waals surface area contributed by atoms with E-state index in [2.05, 4.69) is 40.7 Å². The van der Waals surface area contributed by atoms with Crippen LogP contribution in [-0.4, -0.2) is 68.1 Å². The molecule has 1 aliphatic carbocycles. The molecule has 0 spiro atoms. The maximum Gasteiger partial charge on any atom is 0.281 e. The Morgan fingerprint density at radius 2 is 1.88 bits per heavy atom. The number of aromatic nitrogens is 2. The van der Waals surface area contributed by atoms with E-state index in [0.29, 0.717) is 61.4 Å². The molecule has 2 atom stereocenters. The molecule has 226 valence electrons. The zero-order chi connectivity index (χ0) is 29.7. The predicted octanol–water partition coefficient (Wildman–Crippen LogP) is 3.72. The topological polar surface area (TPSA) is 134 Å². The van der Waals surface area contributed by atoms with Gasteiger partial charge in [-0.25, -0.2) is 14.7 Å². The minimum Gasteiger partial charge on any atom is -0.370 e. The molecule has 3 fully saturated rings. The van der Waals surface area contributed by atoms with E-state index >= 15 is 0 Å². The Morgan fingerprint density at radius 3 is 2.67 bits per heavy atom. The number of rotatable bonds is 5. The molecule has 2 N–H and O–H groups in total. The molecule has 0 aromatic carbocycles. The average molecular weight is 597 g/mol. The Balaban J connectivity index is 1.31. The average Bonchev–Trinajstić information content (AvgIpc) is 3.44.